The van der Waals surface area contributed by atoms with E-state index in [0.29, 0.717) is 18.8 Å². The number of Topliss-reactive ketones (excluding diaryl/α,β-unsaturated/α-hetero) is 1. The Hall–Kier alpha value is -2.30. The number of anilines is 1. The lowest BCUT2D eigenvalue weighted by Crippen LogP contribution is -2.30. The van der Waals surface area contributed by atoms with Crippen LogP contribution >= 0.6 is 0 Å². The highest BCUT2D eigenvalue weighted by molar-refractivity contribution is 5.84. The number of fused-ring (bicyclic) bond motifs is 1. The molecule has 0 unspecified atom stereocenters. The number of hydrogen-bond acceptors (Lipinski definition) is 5. The topological polar surface area (TPSA) is 59.0 Å². The molecule has 2 aromatic rings. The number of likely N-dealkylation sites (N-methyl/N-ethyl adjacent to an activating group) is 1. The van der Waals surface area contributed by atoms with Gasteiger partial charge in [0.25, 0.3) is 0 Å². The second-order valence-corrected chi connectivity index (χ2v) is 8.85. The highest BCUT2D eigenvalue weighted by atomic mass is 16.1. The Labute approximate surface area is 162 Å². The van der Waals surface area contributed by atoms with Crippen molar-refractivity contribution in [3.63, 3.8) is 0 Å². The van der Waals surface area contributed by atoms with Crippen LogP contribution in [0.5, 0.6) is 0 Å². The van der Waals surface area contributed by atoms with Crippen LogP contribution in [-0.4, -0.2) is 34.3 Å². The zero-order chi connectivity index (χ0) is 19.6. The fourth-order valence-corrected chi connectivity index (χ4v) is 3.65. The Kier molecular flexibility index (Phi) is 5.59. The summed E-state index contributed by atoms with van der Waals surface area (Å²) in [5.41, 5.74) is 4.23. The van der Waals surface area contributed by atoms with E-state index in [9.17, 15) is 4.79 Å². The van der Waals surface area contributed by atoms with Crippen LogP contribution in [0, 0.1) is 12.3 Å². The summed E-state index contributed by atoms with van der Waals surface area (Å²) in [7, 11) is 1.96. The lowest BCUT2D eigenvalue weighted by atomic mass is 9.90. The number of nitrogens with zero attached hydrogens (tertiary/aromatic N) is 4. The molecule has 5 nitrogen and oxygen atoms in total. The van der Waals surface area contributed by atoms with Crippen LogP contribution in [0.15, 0.2) is 18.3 Å². The van der Waals surface area contributed by atoms with Gasteiger partial charge in [0.05, 0.1) is 6.54 Å². The molecular weight excluding hydrogens is 336 g/mol. The van der Waals surface area contributed by atoms with Crippen LogP contribution < -0.4 is 4.90 Å². The molecule has 0 aromatic carbocycles. The van der Waals surface area contributed by atoms with Crippen molar-refractivity contribution < 1.29 is 4.79 Å². The van der Waals surface area contributed by atoms with Crippen LogP contribution in [0.4, 0.5) is 5.82 Å². The molecular formula is C22H30N4O. The Morgan fingerprint density at radius 2 is 1.93 bits per heavy atom. The predicted octanol–water partition coefficient (Wildman–Crippen LogP) is 4.17. The van der Waals surface area contributed by atoms with Crippen LogP contribution in [0.1, 0.15) is 56.9 Å². The second-order valence-electron chi connectivity index (χ2n) is 8.85. The third-order valence-corrected chi connectivity index (χ3v) is 4.81. The molecule has 27 heavy (non-hydrogen) atoms. The van der Waals surface area contributed by atoms with Crippen LogP contribution in [0.2, 0.25) is 0 Å². The lowest BCUT2D eigenvalue weighted by Gasteiger charge is -2.26. The minimum atomic E-state index is -0.000329. The van der Waals surface area contributed by atoms with Crippen molar-refractivity contribution in [2.75, 3.05) is 18.5 Å². The van der Waals surface area contributed by atoms with Crippen molar-refractivity contribution in [3.05, 3.63) is 35.2 Å². The van der Waals surface area contributed by atoms with Gasteiger partial charge in [0.1, 0.15) is 11.5 Å². The quantitative estimate of drug-likeness (QED) is 0.795. The molecule has 0 fully saturated rings. The summed E-state index contributed by atoms with van der Waals surface area (Å²) in [5.74, 6) is 1.79. The van der Waals surface area contributed by atoms with Crippen molar-refractivity contribution in [1.82, 2.24) is 15.0 Å². The number of aryl methyl sites for hydroxylation is 2. The first-order valence-electron chi connectivity index (χ1n) is 9.78. The molecule has 1 aliphatic carbocycles. The van der Waals surface area contributed by atoms with Gasteiger partial charge in [-0.1, -0.05) is 20.8 Å². The predicted molar refractivity (Wildman–Crippen MR) is 109 cm³/mol. The highest BCUT2D eigenvalue weighted by Gasteiger charge is 2.23. The molecule has 0 radical (unpaired) electrons. The second kappa shape index (κ2) is 7.75. The summed E-state index contributed by atoms with van der Waals surface area (Å²) < 4.78 is 0. The van der Waals surface area contributed by atoms with Crippen molar-refractivity contribution in [1.29, 1.82) is 0 Å². The van der Waals surface area contributed by atoms with E-state index < -0.39 is 0 Å². The first kappa shape index (κ1) is 19.5. The first-order chi connectivity index (χ1) is 12.7. The molecule has 0 saturated heterocycles. The summed E-state index contributed by atoms with van der Waals surface area (Å²) in [5, 5.41) is 0. The first-order valence-corrected chi connectivity index (χ1v) is 9.78. The Balaban J connectivity index is 1.95. The Morgan fingerprint density at radius 3 is 2.63 bits per heavy atom. The number of hydrogen-bond donors (Lipinski definition) is 0. The summed E-state index contributed by atoms with van der Waals surface area (Å²) >= 11 is 0. The molecule has 2 heterocycles. The van der Waals surface area contributed by atoms with E-state index in [0.717, 1.165) is 48.5 Å². The number of carbonyl (C=O) groups excluding carboxylic acids is 1. The van der Waals surface area contributed by atoms with Gasteiger partial charge in [0.15, 0.2) is 11.6 Å². The third kappa shape index (κ3) is 4.90. The van der Waals surface area contributed by atoms with E-state index >= 15 is 0 Å². The largest absolute Gasteiger partial charge is 0.352 e. The maximum atomic E-state index is 12.5. The molecule has 0 amide bonds. The molecule has 0 aliphatic heterocycles. The minimum absolute atomic E-state index is 0.000329. The monoisotopic (exact) mass is 366 g/mol. The highest BCUT2D eigenvalue weighted by Crippen LogP contribution is 2.30. The number of ketones is 1. The van der Waals surface area contributed by atoms with E-state index in [1.165, 1.54) is 5.56 Å². The standard InChI is InChI=1S/C22H30N4O/c1-15-10-11-23-19(12-15)20-24-18-9-7-6-8-17(18)21(25-20)26(5)14-16(27)13-22(2,3)4/h10-12H,6-9,13-14H2,1-5H3. The smallest absolute Gasteiger partial charge is 0.180 e. The van der Waals surface area contributed by atoms with Gasteiger partial charge in [-0.25, -0.2) is 9.97 Å². The molecule has 5 heteroatoms. The minimum Gasteiger partial charge on any atom is -0.352 e. The van der Waals surface area contributed by atoms with Gasteiger partial charge in [-0.3, -0.25) is 9.78 Å². The average Bonchev–Trinajstić information content (AvgIpc) is 2.59. The van der Waals surface area contributed by atoms with E-state index in [1.54, 1.807) is 6.20 Å². The zero-order valence-corrected chi connectivity index (χ0v) is 17.2. The SMILES string of the molecule is Cc1ccnc(-c2nc3c(c(N(C)CC(=O)CC(C)(C)C)n2)CCCC3)c1. The van der Waals surface area contributed by atoms with Crippen molar-refractivity contribution in [2.24, 2.45) is 5.41 Å². The zero-order valence-electron chi connectivity index (χ0n) is 17.2. The van der Waals surface area contributed by atoms with Crippen molar-refractivity contribution in [3.8, 4) is 11.5 Å². The van der Waals surface area contributed by atoms with Crippen LogP contribution in [0.3, 0.4) is 0 Å². The molecule has 144 valence electrons. The van der Waals surface area contributed by atoms with Gasteiger partial charge < -0.3 is 4.90 Å². The number of carbonyl (C=O) groups is 1. The molecule has 2 aromatic heterocycles. The lowest BCUT2D eigenvalue weighted by molar-refractivity contribution is -0.119. The summed E-state index contributed by atoms with van der Waals surface area (Å²) in [6.07, 6.45) is 6.60. The summed E-state index contributed by atoms with van der Waals surface area (Å²) in [6, 6.07) is 3.99. The molecule has 1 aliphatic rings. The third-order valence-electron chi connectivity index (χ3n) is 4.81. The fourth-order valence-electron chi connectivity index (χ4n) is 3.65. The van der Waals surface area contributed by atoms with Gasteiger partial charge in [0, 0.05) is 30.9 Å². The van der Waals surface area contributed by atoms with E-state index in [-0.39, 0.29) is 11.2 Å². The number of pyridine rings is 1. The average molecular weight is 367 g/mol. The maximum Gasteiger partial charge on any atom is 0.180 e. The van der Waals surface area contributed by atoms with Crippen LogP contribution in [0.25, 0.3) is 11.5 Å². The molecule has 0 N–H and O–H groups in total. The molecule has 0 atom stereocenters. The molecule has 3 rings (SSSR count). The molecule has 0 bridgehead atoms. The van der Waals surface area contributed by atoms with Crippen molar-refractivity contribution in [2.45, 2.75) is 59.8 Å². The van der Waals surface area contributed by atoms with Gasteiger partial charge in [0.2, 0.25) is 0 Å². The molecule has 0 saturated carbocycles. The summed E-state index contributed by atoms with van der Waals surface area (Å²) in [4.78, 5) is 28.6. The number of rotatable bonds is 5. The normalized spacial score (nSPS) is 14.0. The van der Waals surface area contributed by atoms with E-state index in [1.807, 2.05) is 31.0 Å². The fraction of sp³-hybridized carbons (Fsp3) is 0.545. The van der Waals surface area contributed by atoms with Gasteiger partial charge >= 0.3 is 0 Å². The van der Waals surface area contributed by atoms with Crippen LogP contribution in [-0.2, 0) is 17.6 Å². The van der Waals surface area contributed by atoms with Crippen molar-refractivity contribution >= 4 is 11.6 Å². The maximum absolute atomic E-state index is 12.5. The van der Waals surface area contributed by atoms with Gasteiger partial charge in [-0.15, -0.1) is 0 Å². The van der Waals surface area contributed by atoms with Gasteiger partial charge in [-0.05, 0) is 55.7 Å². The summed E-state index contributed by atoms with van der Waals surface area (Å²) in [6.45, 7) is 8.71. The number of aromatic nitrogens is 3. The van der Waals surface area contributed by atoms with E-state index in [2.05, 4.69) is 25.8 Å². The molecule has 0 spiro atoms. The Morgan fingerprint density at radius 1 is 1.19 bits per heavy atom. The van der Waals surface area contributed by atoms with E-state index in [4.69, 9.17) is 9.97 Å². The van der Waals surface area contributed by atoms with Gasteiger partial charge in [-0.2, -0.15) is 0 Å². The Bertz CT molecular complexity index is 839.